The summed E-state index contributed by atoms with van der Waals surface area (Å²) in [6, 6.07) is 24.4. The van der Waals surface area contributed by atoms with Crippen LogP contribution in [0.5, 0.6) is 0 Å². The molecule has 0 aliphatic carbocycles. The highest BCUT2D eigenvalue weighted by Gasteiger charge is 2.04. The molecule has 2 N–H and O–H groups in total. The van der Waals surface area contributed by atoms with E-state index in [1.54, 1.807) is 0 Å². The molecule has 0 spiro atoms. The largest absolute Gasteiger partial charge is 0.338 e. The summed E-state index contributed by atoms with van der Waals surface area (Å²) in [6.07, 6.45) is 4.05. The quantitative estimate of drug-likeness (QED) is 0.471. The predicted molar refractivity (Wildman–Crippen MR) is 107 cm³/mol. The molecule has 2 heterocycles. The van der Waals surface area contributed by atoms with Crippen LogP contribution in [-0.2, 0) is 0 Å². The number of benzene rings is 3. The van der Waals surface area contributed by atoms with Gasteiger partial charge >= 0.3 is 0 Å². The zero-order chi connectivity index (χ0) is 17.3. The SMILES string of the molecule is C(=Cc1nc2ccccc2[nH]1)c1ccc(-c2nc3ccccc3[nH]2)cc1. The smallest absolute Gasteiger partial charge is 0.138 e. The molecule has 3 aromatic carbocycles. The molecule has 2 aromatic heterocycles. The molecule has 0 aliphatic heterocycles. The van der Waals surface area contributed by atoms with Gasteiger partial charge in [0.15, 0.2) is 0 Å². The van der Waals surface area contributed by atoms with Crippen molar-refractivity contribution < 1.29 is 0 Å². The molecule has 4 nitrogen and oxygen atoms in total. The van der Waals surface area contributed by atoms with Crippen LogP contribution in [-0.4, -0.2) is 19.9 Å². The fraction of sp³-hybridized carbons (Fsp3) is 0. The number of rotatable bonds is 3. The van der Waals surface area contributed by atoms with Crippen LogP contribution < -0.4 is 0 Å². The molecule has 0 radical (unpaired) electrons. The molecule has 124 valence electrons. The summed E-state index contributed by atoms with van der Waals surface area (Å²) in [7, 11) is 0. The van der Waals surface area contributed by atoms with Crippen LogP contribution in [0.25, 0.3) is 45.6 Å². The van der Waals surface area contributed by atoms with Crippen LogP contribution in [0.3, 0.4) is 0 Å². The second kappa shape index (κ2) is 6.01. The Bertz CT molecular complexity index is 1160. The fourth-order valence-electron chi connectivity index (χ4n) is 3.07. The van der Waals surface area contributed by atoms with E-state index in [9.17, 15) is 0 Å². The Kier molecular flexibility index (Phi) is 3.39. The summed E-state index contributed by atoms with van der Waals surface area (Å²) < 4.78 is 0. The summed E-state index contributed by atoms with van der Waals surface area (Å²) in [5.74, 6) is 1.74. The lowest BCUT2D eigenvalue weighted by Gasteiger charge is -1.98. The minimum Gasteiger partial charge on any atom is -0.338 e. The number of para-hydroxylation sites is 4. The van der Waals surface area contributed by atoms with Crippen LogP contribution in [0.4, 0.5) is 0 Å². The lowest BCUT2D eigenvalue weighted by Crippen LogP contribution is -1.81. The van der Waals surface area contributed by atoms with E-state index in [0.717, 1.165) is 44.8 Å². The van der Waals surface area contributed by atoms with Gasteiger partial charge in [-0.2, -0.15) is 0 Å². The van der Waals surface area contributed by atoms with E-state index in [-0.39, 0.29) is 0 Å². The van der Waals surface area contributed by atoms with Gasteiger partial charge in [0.25, 0.3) is 0 Å². The molecule has 0 aliphatic rings. The number of fused-ring (bicyclic) bond motifs is 2. The Balaban J connectivity index is 1.40. The molecule has 0 saturated heterocycles. The van der Waals surface area contributed by atoms with Gasteiger partial charge < -0.3 is 9.97 Å². The highest BCUT2D eigenvalue weighted by atomic mass is 14.9. The maximum absolute atomic E-state index is 4.64. The molecule has 0 saturated carbocycles. The number of imidazole rings is 2. The monoisotopic (exact) mass is 336 g/mol. The Labute approximate surface area is 150 Å². The fourth-order valence-corrected chi connectivity index (χ4v) is 3.07. The summed E-state index contributed by atoms with van der Waals surface area (Å²) in [4.78, 5) is 15.9. The van der Waals surface area contributed by atoms with Crippen LogP contribution in [0, 0.1) is 0 Å². The Morgan fingerprint density at radius 2 is 1.27 bits per heavy atom. The molecular formula is C22H16N4. The maximum atomic E-state index is 4.64. The van der Waals surface area contributed by atoms with Crippen LogP contribution in [0.1, 0.15) is 11.4 Å². The molecule has 0 atom stereocenters. The Hall–Kier alpha value is -3.66. The van der Waals surface area contributed by atoms with Crippen LogP contribution >= 0.6 is 0 Å². The summed E-state index contributed by atoms with van der Waals surface area (Å²) in [5.41, 5.74) is 6.25. The van der Waals surface area contributed by atoms with Crippen LogP contribution in [0.15, 0.2) is 72.8 Å². The number of hydrogen-bond acceptors (Lipinski definition) is 2. The van der Waals surface area contributed by atoms with E-state index in [2.05, 4.69) is 50.3 Å². The highest BCUT2D eigenvalue weighted by molar-refractivity contribution is 5.80. The Morgan fingerprint density at radius 1 is 0.615 bits per heavy atom. The minimum absolute atomic E-state index is 0.854. The van der Waals surface area contributed by atoms with Gasteiger partial charge in [0, 0.05) is 5.56 Å². The number of nitrogens with zero attached hydrogens (tertiary/aromatic N) is 2. The summed E-state index contributed by atoms with van der Waals surface area (Å²) >= 11 is 0. The Morgan fingerprint density at radius 3 is 1.96 bits per heavy atom. The molecule has 0 unspecified atom stereocenters. The molecule has 0 bridgehead atoms. The first-order valence-corrected chi connectivity index (χ1v) is 8.53. The van der Waals surface area contributed by atoms with Crippen molar-refractivity contribution in [1.82, 2.24) is 19.9 Å². The third-order valence-electron chi connectivity index (χ3n) is 4.41. The third-order valence-corrected chi connectivity index (χ3v) is 4.41. The molecule has 26 heavy (non-hydrogen) atoms. The van der Waals surface area contributed by atoms with E-state index in [4.69, 9.17) is 0 Å². The topological polar surface area (TPSA) is 57.4 Å². The molecule has 0 amide bonds. The average molecular weight is 336 g/mol. The minimum atomic E-state index is 0.854. The van der Waals surface area contributed by atoms with Gasteiger partial charge in [-0.1, -0.05) is 54.6 Å². The van der Waals surface area contributed by atoms with E-state index in [1.807, 2.05) is 54.6 Å². The van der Waals surface area contributed by atoms with Crippen molar-refractivity contribution in [1.29, 1.82) is 0 Å². The van der Waals surface area contributed by atoms with Crippen molar-refractivity contribution in [2.24, 2.45) is 0 Å². The van der Waals surface area contributed by atoms with Gasteiger partial charge in [0.1, 0.15) is 11.6 Å². The number of nitrogens with one attached hydrogen (secondary N) is 2. The number of aromatic amines is 2. The van der Waals surface area contributed by atoms with Crippen molar-refractivity contribution >= 4 is 34.2 Å². The first kappa shape index (κ1) is 14.7. The lowest BCUT2D eigenvalue weighted by atomic mass is 10.1. The van der Waals surface area contributed by atoms with Gasteiger partial charge in [-0.05, 0) is 35.9 Å². The lowest BCUT2D eigenvalue weighted by molar-refractivity contribution is 1.29. The van der Waals surface area contributed by atoms with Crippen LogP contribution in [0.2, 0.25) is 0 Å². The number of H-pyrrole nitrogens is 2. The zero-order valence-corrected chi connectivity index (χ0v) is 14.0. The molecule has 5 aromatic rings. The first-order valence-electron chi connectivity index (χ1n) is 8.53. The molecule has 4 heteroatoms. The summed E-state index contributed by atoms with van der Waals surface area (Å²) in [6.45, 7) is 0. The van der Waals surface area contributed by atoms with Crippen molar-refractivity contribution in [2.75, 3.05) is 0 Å². The van der Waals surface area contributed by atoms with Gasteiger partial charge in [0.2, 0.25) is 0 Å². The van der Waals surface area contributed by atoms with Crippen molar-refractivity contribution in [3.05, 3.63) is 84.2 Å². The van der Waals surface area contributed by atoms with Crippen molar-refractivity contribution in [3.8, 4) is 11.4 Å². The van der Waals surface area contributed by atoms with Crippen molar-refractivity contribution in [2.45, 2.75) is 0 Å². The first-order chi connectivity index (χ1) is 12.8. The van der Waals surface area contributed by atoms with E-state index < -0.39 is 0 Å². The zero-order valence-electron chi connectivity index (χ0n) is 14.0. The highest BCUT2D eigenvalue weighted by Crippen LogP contribution is 2.21. The van der Waals surface area contributed by atoms with Crippen molar-refractivity contribution in [3.63, 3.8) is 0 Å². The maximum Gasteiger partial charge on any atom is 0.138 e. The molecule has 5 rings (SSSR count). The third kappa shape index (κ3) is 2.67. The van der Waals surface area contributed by atoms with E-state index in [1.165, 1.54) is 0 Å². The van der Waals surface area contributed by atoms with Gasteiger partial charge in [-0.25, -0.2) is 9.97 Å². The number of aromatic nitrogens is 4. The van der Waals surface area contributed by atoms with Gasteiger partial charge in [-0.15, -0.1) is 0 Å². The average Bonchev–Trinajstić information content (AvgIpc) is 3.30. The number of hydrogen-bond donors (Lipinski definition) is 2. The second-order valence-electron chi connectivity index (χ2n) is 6.20. The molecular weight excluding hydrogens is 320 g/mol. The summed E-state index contributed by atoms with van der Waals surface area (Å²) in [5, 5.41) is 0. The van der Waals surface area contributed by atoms with Gasteiger partial charge in [0.05, 0.1) is 22.1 Å². The van der Waals surface area contributed by atoms with E-state index >= 15 is 0 Å². The van der Waals surface area contributed by atoms with E-state index in [0.29, 0.717) is 0 Å². The normalized spacial score (nSPS) is 11.7. The van der Waals surface area contributed by atoms with Gasteiger partial charge in [-0.3, -0.25) is 0 Å². The standard InChI is InChI=1S/C22H16N4/c1-2-6-18-17(5-1)23-21(24-18)14-11-15-9-12-16(13-10-15)22-25-19-7-3-4-8-20(19)26-22/h1-14H,(H,23,24)(H,25,26). The second-order valence-corrected chi connectivity index (χ2v) is 6.20. The predicted octanol–water partition coefficient (Wildman–Crippen LogP) is 5.28. The molecule has 0 fully saturated rings.